The fourth-order valence-corrected chi connectivity index (χ4v) is 2.53. The molecule has 2 N–H and O–H groups in total. The summed E-state index contributed by atoms with van der Waals surface area (Å²) in [4.78, 5) is 26.0. The van der Waals surface area contributed by atoms with Gasteiger partial charge in [-0.25, -0.2) is 4.79 Å². The number of carbonyl (C=O) groups is 2. The predicted octanol–water partition coefficient (Wildman–Crippen LogP) is 1.91. The molecule has 7 heteroatoms. The zero-order valence-electron chi connectivity index (χ0n) is 12.8. The second kappa shape index (κ2) is 6.51. The summed E-state index contributed by atoms with van der Waals surface area (Å²) in [6.07, 6.45) is 1.95. The average Bonchev–Trinajstić information content (AvgIpc) is 3.14. The highest BCUT2D eigenvalue weighted by atomic mass is 16.5. The van der Waals surface area contributed by atoms with Gasteiger partial charge >= 0.3 is 6.03 Å². The minimum atomic E-state index is -0.507. The van der Waals surface area contributed by atoms with Crippen LogP contribution in [-0.4, -0.2) is 34.6 Å². The first-order chi connectivity index (χ1) is 11.1. The molecule has 1 aliphatic heterocycles. The Bertz CT molecular complexity index is 682. The van der Waals surface area contributed by atoms with E-state index >= 15 is 0 Å². The van der Waals surface area contributed by atoms with E-state index in [1.807, 2.05) is 31.2 Å². The summed E-state index contributed by atoms with van der Waals surface area (Å²) in [5.41, 5.74) is 2.27. The zero-order chi connectivity index (χ0) is 16.2. The number of aryl methyl sites for hydroxylation is 1. The highest BCUT2D eigenvalue weighted by Crippen LogP contribution is 2.16. The lowest BCUT2D eigenvalue weighted by Gasteiger charge is -2.17. The van der Waals surface area contributed by atoms with Crippen LogP contribution in [0.4, 0.5) is 10.6 Å². The number of amides is 3. The summed E-state index contributed by atoms with van der Waals surface area (Å²) < 4.78 is 4.63. The maximum Gasteiger partial charge on any atom is 0.321 e. The van der Waals surface area contributed by atoms with E-state index in [4.69, 9.17) is 0 Å². The molecule has 3 rings (SSSR count). The molecule has 0 bridgehead atoms. The van der Waals surface area contributed by atoms with E-state index in [1.54, 1.807) is 4.90 Å². The maximum atomic E-state index is 12.4. The Morgan fingerprint density at radius 3 is 2.83 bits per heavy atom. The van der Waals surface area contributed by atoms with E-state index in [0.29, 0.717) is 25.3 Å². The number of nitrogens with zero attached hydrogens (tertiary/aromatic N) is 2. The summed E-state index contributed by atoms with van der Waals surface area (Å²) in [6.45, 7) is 3.21. The van der Waals surface area contributed by atoms with Crippen molar-refractivity contribution in [1.29, 1.82) is 0 Å². The maximum absolute atomic E-state index is 12.4. The number of aromatic nitrogens is 1. The molecule has 0 saturated carbocycles. The van der Waals surface area contributed by atoms with E-state index in [0.717, 1.165) is 5.56 Å². The van der Waals surface area contributed by atoms with Crippen LogP contribution in [0.2, 0.25) is 0 Å². The van der Waals surface area contributed by atoms with Crippen LogP contribution in [0.3, 0.4) is 0 Å². The number of hydrogen-bond donors (Lipinski definition) is 2. The minimum Gasteiger partial charge on any atom is -0.363 e. The van der Waals surface area contributed by atoms with Crippen LogP contribution in [0.5, 0.6) is 0 Å². The first-order valence-electron chi connectivity index (χ1n) is 7.44. The lowest BCUT2D eigenvalue weighted by molar-refractivity contribution is -0.129. The largest absolute Gasteiger partial charge is 0.363 e. The van der Waals surface area contributed by atoms with Crippen molar-refractivity contribution in [2.45, 2.75) is 25.9 Å². The first kappa shape index (κ1) is 15.1. The molecule has 1 saturated heterocycles. The van der Waals surface area contributed by atoms with E-state index in [2.05, 4.69) is 20.3 Å². The van der Waals surface area contributed by atoms with Gasteiger partial charge in [0.2, 0.25) is 5.91 Å². The number of carbonyl (C=O) groups excluding carboxylic acids is 2. The van der Waals surface area contributed by atoms with Gasteiger partial charge in [0.05, 0.1) is 0 Å². The zero-order valence-corrected chi connectivity index (χ0v) is 12.8. The number of rotatable bonds is 4. The van der Waals surface area contributed by atoms with Crippen LogP contribution >= 0.6 is 0 Å². The predicted molar refractivity (Wildman–Crippen MR) is 83.7 cm³/mol. The Morgan fingerprint density at radius 1 is 1.35 bits per heavy atom. The van der Waals surface area contributed by atoms with Crippen molar-refractivity contribution >= 4 is 17.8 Å². The lowest BCUT2D eigenvalue weighted by atomic mass is 10.1. The van der Waals surface area contributed by atoms with E-state index < -0.39 is 12.1 Å². The minimum absolute atomic E-state index is 0.0686. The van der Waals surface area contributed by atoms with Crippen LogP contribution in [0.1, 0.15) is 17.5 Å². The lowest BCUT2D eigenvalue weighted by Crippen LogP contribution is -2.43. The molecule has 1 atom stereocenters. The molecule has 2 heterocycles. The molecule has 23 heavy (non-hydrogen) atoms. The number of hydrogen-bond acceptors (Lipinski definition) is 4. The third-order valence-corrected chi connectivity index (χ3v) is 3.78. The summed E-state index contributed by atoms with van der Waals surface area (Å²) >= 11 is 0. The topological polar surface area (TPSA) is 87.5 Å². The number of likely N-dealkylation sites (tertiary alicyclic amines) is 1. The van der Waals surface area contributed by atoms with Crippen LogP contribution in [0.15, 0.2) is 41.1 Å². The average molecular weight is 314 g/mol. The quantitative estimate of drug-likeness (QED) is 0.902. The molecule has 0 spiro atoms. The van der Waals surface area contributed by atoms with Gasteiger partial charge in [0.1, 0.15) is 12.3 Å². The van der Waals surface area contributed by atoms with Gasteiger partial charge in [-0.3, -0.25) is 10.1 Å². The van der Waals surface area contributed by atoms with Gasteiger partial charge < -0.3 is 14.7 Å². The molecule has 1 fully saturated rings. The highest BCUT2D eigenvalue weighted by molar-refractivity contribution is 5.93. The van der Waals surface area contributed by atoms with E-state index in [9.17, 15) is 9.59 Å². The molecule has 2 aromatic rings. The molecular formula is C16H18N4O3. The van der Waals surface area contributed by atoms with Gasteiger partial charge in [0.25, 0.3) is 0 Å². The molecule has 120 valence electrons. The second-order valence-corrected chi connectivity index (χ2v) is 5.57. The fourth-order valence-electron chi connectivity index (χ4n) is 2.53. The highest BCUT2D eigenvalue weighted by Gasteiger charge is 2.32. The number of nitrogens with one attached hydrogen (secondary N) is 2. The van der Waals surface area contributed by atoms with Crippen LogP contribution in [0, 0.1) is 6.92 Å². The molecule has 0 unspecified atom stereocenters. The van der Waals surface area contributed by atoms with Gasteiger partial charge in [-0.15, -0.1) is 0 Å². The van der Waals surface area contributed by atoms with Gasteiger partial charge in [0.15, 0.2) is 5.82 Å². The Kier molecular flexibility index (Phi) is 4.27. The van der Waals surface area contributed by atoms with Crippen LogP contribution in [0.25, 0.3) is 0 Å². The summed E-state index contributed by atoms with van der Waals surface area (Å²) in [6, 6.07) is 8.64. The van der Waals surface area contributed by atoms with E-state index in [-0.39, 0.29) is 5.91 Å². The summed E-state index contributed by atoms with van der Waals surface area (Å²) in [5, 5.41) is 8.77. The normalized spacial score (nSPS) is 17.3. The fraction of sp³-hybridized carbons (Fsp3) is 0.312. The van der Waals surface area contributed by atoms with Crippen molar-refractivity contribution in [3.05, 3.63) is 47.7 Å². The van der Waals surface area contributed by atoms with E-state index in [1.165, 1.54) is 17.9 Å². The van der Waals surface area contributed by atoms with Crippen molar-refractivity contribution < 1.29 is 14.1 Å². The third-order valence-electron chi connectivity index (χ3n) is 3.78. The van der Waals surface area contributed by atoms with Gasteiger partial charge in [-0.2, -0.15) is 0 Å². The number of anilines is 1. The van der Waals surface area contributed by atoms with Gasteiger partial charge in [-0.1, -0.05) is 35.0 Å². The molecule has 7 nitrogen and oxygen atoms in total. The molecular weight excluding hydrogens is 296 g/mol. The Labute approximate surface area is 133 Å². The monoisotopic (exact) mass is 314 g/mol. The Morgan fingerprint density at radius 2 is 2.13 bits per heavy atom. The van der Waals surface area contributed by atoms with Gasteiger partial charge in [-0.05, 0) is 18.9 Å². The third kappa shape index (κ3) is 3.68. The second-order valence-electron chi connectivity index (χ2n) is 5.57. The molecule has 1 aromatic carbocycles. The van der Waals surface area contributed by atoms with Crippen molar-refractivity contribution in [3.63, 3.8) is 0 Å². The summed E-state index contributed by atoms with van der Waals surface area (Å²) in [5.74, 6) is 0.241. The number of benzene rings is 1. The summed E-state index contributed by atoms with van der Waals surface area (Å²) in [7, 11) is 0. The van der Waals surface area contributed by atoms with Crippen molar-refractivity contribution in [2.75, 3.05) is 11.9 Å². The SMILES string of the molecule is Cc1ccc(CN2CC[C@@H](NC(=O)Nc3ccon3)C2=O)cc1. The molecule has 3 amide bonds. The van der Waals surface area contributed by atoms with Crippen molar-refractivity contribution in [3.8, 4) is 0 Å². The molecule has 1 aromatic heterocycles. The molecule has 0 radical (unpaired) electrons. The number of urea groups is 1. The standard InChI is InChI=1S/C16H18N4O3/c1-11-2-4-12(5-3-11)10-20-8-6-13(15(20)21)17-16(22)18-14-7-9-23-19-14/h2-5,7,9,13H,6,8,10H2,1H3,(H2,17,18,19,22)/t13-/m1/s1. The molecule has 1 aliphatic rings. The molecule has 0 aliphatic carbocycles. The first-order valence-corrected chi connectivity index (χ1v) is 7.44. The Hall–Kier alpha value is -2.83. The smallest absolute Gasteiger partial charge is 0.321 e. The van der Waals surface area contributed by atoms with Crippen LogP contribution in [-0.2, 0) is 11.3 Å². The van der Waals surface area contributed by atoms with Crippen molar-refractivity contribution in [1.82, 2.24) is 15.4 Å². The van der Waals surface area contributed by atoms with Crippen molar-refractivity contribution in [2.24, 2.45) is 0 Å². The Balaban J connectivity index is 1.54. The van der Waals surface area contributed by atoms with Crippen LogP contribution < -0.4 is 10.6 Å². The van der Waals surface area contributed by atoms with Gasteiger partial charge in [0, 0.05) is 19.2 Å².